The first kappa shape index (κ1) is 22.5. The van der Waals surface area contributed by atoms with Gasteiger partial charge < -0.3 is 18.9 Å². The van der Waals surface area contributed by atoms with Gasteiger partial charge in [0.15, 0.2) is 0 Å². The molecule has 3 heterocycles. The van der Waals surface area contributed by atoms with Gasteiger partial charge >= 0.3 is 11.9 Å². The molecule has 3 aliphatic heterocycles. The van der Waals surface area contributed by atoms with E-state index in [9.17, 15) is 9.59 Å². The summed E-state index contributed by atoms with van der Waals surface area (Å²) in [6, 6.07) is 0. The third-order valence-electron chi connectivity index (χ3n) is 7.01. The first-order valence-electron chi connectivity index (χ1n) is 11.5. The van der Waals surface area contributed by atoms with Crippen LogP contribution in [0.2, 0.25) is 0 Å². The SMILES string of the molecule is CCCC1OC(=O)C(C)C2CCC(CC(C)OC(=O)C(C)C3CCC(O3)C1C)O2. The van der Waals surface area contributed by atoms with Crippen LogP contribution in [0.3, 0.4) is 0 Å². The Hall–Kier alpha value is -1.14. The number of rotatable bonds is 2. The first-order valence-corrected chi connectivity index (χ1v) is 11.5. The minimum atomic E-state index is -0.299. The third kappa shape index (κ3) is 5.32. The van der Waals surface area contributed by atoms with Gasteiger partial charge in [-0.1, -0.05) is 20.3 Å². The maximum Gasteiger partial charge on any atom is 0.311 e. The molecule has 0 aliphatic carbocycles. The number of hydrogen-bond acceptors (Lipinski definition) is 6. The first-order chi connectivity index (χ1) is 13.8. The molecule has 3 rings (SSSR count). The van der Waals surface area contributed by atoms with E-state index in [1.165, 1.54) is 0 Å². The van der Waals surface area contributed by atoms with Gasteiger partial charge in [0, 0.05) is 12.3 Å². The van der Waals surface area contributed by atoms with Crippen molar-refractivity contribution in [1.82, 2.24) is 0 Å². The van der Waals surface area contributed by atoms with Crippen molar-refractivity contribution in [3.8, 4) is 0 Å². The van der Waals surface area contributed by atoms with Crippen molar-refractivity contribution in [2.75, 3.05) is 0 Å². The molecule has 0 aromatic heterocycles. The van der Waals surface area contributed by atoms with Crippen LogP contribution in [-0.2, 0) is 28.5 Å². The summed E-state index contributed by atoms with van der Waals surface area (Å²) in [7, 11) is 0. The number of fused-ring (bicyclic) bond motifs is 4. The summed E-state index contributed by atoms with van der Waals surface area (Å²) in [4.78, 5) is 25.5. The van der Waals surface area contributed by atoms with E-state index in [0.29, 0.717) is 6.42 Å². The summed E-state index contributed by atoms with van der Waals surface area (Å²) in [5.74, 6) is -0.872. The maximum atomic E-state index is 12.9. The van der Waals surface area contributed by atoms with Gasteiger partial charge in [0.05, 0.1) is 36.3 Å². The van der Waals surface area contributed by atoms with Crippen molar-refractivity contribution in [2.24, 2.45) is 17.8 Å². The highest BCUT2D eigenvalue weighted by molar-refractivity contribution is 5.73. The number of carbonyl (C=O) groups is 2. The second kappa shape index (κ2) is 9.78. The predicted octanol–water partition coefficient (Wildman–Crippen LogP) is 4.04. The van der Waals surface area contributed by atoms with Crippen molar-refractivity contribution in [3.63, 3.8) is 0 Å². The summed E-state index contributed by atoms with van der Waals surface area (Å²) in [5, 5.41) is 0. The van der Waals surface area contributed by atoms with Crippen LogP contribution in [0.25, 0.3) is 0 Å². The lowest BCUT2D eigenvalue weighted by atomic mass is 9.92. The van der Waals surface area contributed by atoms with Crippen molar-refractivity contribution in [1.29, 1.82) is 0 Å². The normalized spacial score (nSPS) is 44.4. The Morgan fingerprint density at radius 1 is 0.793 bits per heavy atom. The molecule has 0 saturated carbocycles. The lowest BCUT2D eigenvalue weighted by Crippen LogP contribution is -2.38. The molecule has 0 aromatic carbocycles. The molecule has 3 saturated heterocycles. The topological polar surface area (TPSA) is 71.1 Å². The molecule has 9 atom stereocenters. The molecular weight excluding hydrogens is 372 g/mol. The zero-order valence-electron chi connectivity index (χ0n) is 18.6. The average molecular weight is 411 g/mol. The van der Waals surface area contributed by atoms with Crippen molar-refractivity contribution >= 4 is 11.9 Å². The molecule has 9 unspecified atom stereocenters. The molecule has 0 amide bonds. The molecule has 29 heavy (non-hydrogen) atoms. The average Bonchev–Trinajstić information content (AvgIpc) is 3.34. The van der Waals surface area contributed by atoms with E-state index in [0.717, 1.165) is 38.5 Å². The second-order valence-corrected chi connectivity index (χ2v) is 9.35. The standard InChI is InChI=1S/C23H38O6/c1-6-7-18-14(3)19-10-11-21(28-19)16(5)22(24)26-13(2)12-17-8-9-20(27-17)15(4)23(25)29-18/h13-21H,6-12H2,1-5H3. The highest BCUT2D eigenvalue weighted by atomic mass is 16.6. The van der Waals surface area contributed by atoms with Crippen molar-refractivity contribution in [2.45, 2.75) is 116 Å². The fourth-order valence-corrected chi connectivity index (χ4v) is 4.96. The molecular formula is C23H38O6. The van der Waals surface area contributed by atoms with E-state index in [2.05, 4.69) is 13.8 Å². The van der Waals surface area contributed by atoms with Gasteiger partial charge in [0.1, 0.15) is 12.2 Å². The van der Waals surface area contributed by atoms with Crippen molar-refractivity contribution < 1.29 is 28.5 Å². The lowest BCUT2D eigenvalue weighted by molar-refractivity contribution is -0.168. The Labute approximate surface area is 175 Å². The Morgan fingerprint density at radius 3 is 2.07 bits per heavy atom. The summed E-state index contributed by atoms with van der Waals surface area (Å²) in [5.41, 5.74) is 0. The van der Waals surface area contributed by atoms with Crippen LogP contribution in [-0.4, -0.2) is 48.6 Å². The number of carbonyl (C=O) groups excluding carboxylic acids is 2. The highest BCUT2D eigenvalue weighted by Crippen LogP contribution is 2.35. The monoisotopic (exact) mass is 410 g/mol. The Kier molecular flexibility index (Phi) is 7.60. The van der Waals surface area contributed by atoms with Gasteiger partial charge in [-0.25, -0.2) is 0 Å². The zero-order chi connectivity index (χ0) is 21.1. The van der Waals surface area contributed by atoms with Gasteiger partial charge in [-0.3, -0.25) is 9.59 Å². The van der Waals surface area contributed by atoms with Crippen LogP contribution in [0.4, 0.5) is 0 Å². The van der Waals surface area contributed by atoms with Crippen LogP contribution in [0.15, 0.2) is 0 Å². The van der Waals surface area contributed by atoms with Crippen LogP contribution in [0.5, 0.6) is 0 Å². The number of esters is 2. The van der Waals surface area contributed by atoms with Gasteiger partial charge in [-0.2, -0.15) is 0 Å². The van der Waals surface area contributed by atoms with Gasteiger partial charge in [-0.15, -0.1) is 0 Å². The number of cyclic esters (lactones) is 2. The maximum absolute atomic E-state index is 12.9. The second-order valence-electron chi connectivity index (χ2n) is 9.35. The summed E-state index contributed by atoms with van der Waals surface area (Å²) < 4.78 is 24.1. The fraction of sp³-hybridized carbons (Fsp3) is 0.913. The van der Waals surface area contributed by atoms with E-state index < -0.39 is 0 Å². The molecule has 6 heteroatoms. The van der Waals surface area contributed by atoms with Crippen LogP contribution >= 0.6 is 0 Å². The van der Waals surface area contributed by atoms with Crippen LogP contribution in [0.1, 0.15) is 79.6 Å². The molecule has 166 valence electrons. The largest absolute Gasteiger partial charge is 0.462 e. The quantitative estimate of drug-likeness (QED) is 0.640. The Balaban J connectivity index is 1.79. The summed E-state index contributed by atoms with van der Waals surface area (Å²) in [6.07, 6.45) is 5.17. The van der Waals surface area contributed by atoms with Gasteiger partial charge in [0.25, 0.3) is 0 Å². The molecule has 0 radical (unpaired) electrons. The Morgan fingerprint density at radius 2 is 1.38 bits per heavy atom. The lowest BCUT2D eigenvalue weighted by Gasteiger charge is -2.31. The zero-order valence-corrected chi connectivity index (χ0v) is 18.6. The van der Waals surface area contributed by atoms with Gasteiger partial charge in [-0.05, 0) is 52.9 Å². The fourth-order valence-electron chi connectivity index (χ4n) is 4.96. The third-order valence-corrected chi connectivity index (χ3v) is 7.01. The molecule has 3 aliphatic rings. The summed E-state index contributed by atoms with van der Waals surface area (Å²) >= 11 is 0. The smallest absolute Gasteiger partial charge is 0.311 e. The van der Waals surface area contributed by atoms with Crippen molar-refractivity contribution in [3.05, 3.63) is 0 Å². The molecule has 0 aromatic rings. The molecule has 0 N–H and O–H groups in total. The highest BCUT2D eigenvalue weighted by Gasteiger charge is 2.41. The summed E-state index contributed by atoms with van der Waals surface area (Å²) in [6.45, 7) is 9.91. The van der Waals surface area contributed by atoms with Crippen LogP contribution < -0.4 is 0 Å². The minimum Gasteiger partial charge on any atom is -0.462 e. The molecule has 3 fully saturated rings. The molecule has 6 nitrogen and oxygen atoms in total. The number of hydrogen-bond donors (Lipinski definition) is 0. The Bertz CT molecular complexity index is 578. The van der Waals surface area contributed by atoms with E-state index in [1.807, 2.05) is 20.8 Å². The van der Waals surface area contributed by atoms with E-state index in [-0.39, 0.29) is 66.3 Å². The number of ether oxygens (including phenoxy) is 4. The molecule has 0 spiro atoms. The minimum absolute atomic E-state index is 0.00709. The van der Waals surface area contributed by atoms with Crippen LogP contribution in [0, 0.1) is 17.8 Å². The van der Waals surface area contributed by atoms with E-state index in [4.69, 9.17) is 18.9 Å². The predicted molar refractivity (Wildman–Crippen MR) is 108 cm³/mol. The van der Waals surface area contributed by atoms with E-state index >= 15 is 0 Å². The van der Waals surface area contributed by atoms with E-state index in [1.54, 1.807) is 0 Å². The van der Waals surface area contributed by atoms with Gasteiger partial charge in [0.2, 0.25) is 0 Å². The molecule has 4 bridgehead atoms.